The van der Waals surface area contributed by atoms with E-state index in [9.17, 15) is 13.6 Å². The van der Waals surface area contributed by atoms with Crippen LogP contribution in [0.25, 0.3) is 22.4 Å². The van der Waals surface area contributed by atoms with Gasteiger partial charge in [-0.2, -0.15) is 5.10 Å². The second kappa shape index (κ2) is 7.64. The molecule has 0 unspecified atom stereocenters. The zero-order chi connectivity index (χ0) is 18.5. The Labute approximate surface area is 147 Å². The lowest BCUT2D eigenvalue weighted by atomic mass is 10.0. The first kappa shape index (κ1) is 17.4. The highest BCUT2D eigenvalue weighted by molar-refractivity contribution is 5.72. The fourth-order valence-corrected chi connectivity index (χ4v) is 2.26. The largest absolute Gasteiger partial charge is 0.515 e. The molecule has 0 aliphatic rings. The minimum Gasteiger partial charge on any atom is -0.434 e. The third-order valence-electron chi connectivity index (χ3n) is 3.40. The highest BCUT2D eigenvalue weighted by atomic mass is 19.1. The molecular formula is C18H13F2N3O3. The molecule has 0 amide bonds. The van der Waals surface area contributed by atoms with Crippen LogP contribution >= 0.6 is 0 Å². The molecule has 0 fully saturated rings. The fraction of sp³-hybridized carbons (Fsp3) is 0.111. The summed E-state index contributed by atoms with van der Waals surface area (Å²) in [5.41, 5.74) is 0.925. The highest BCUT2D eigenvalue weighted by Crippen LogP contribution is 2.29. The number of hydrogen-bond acceptors (Lipinski definition) is 6. The number of aromatic nitrogens is 3. The summed E-state index contributed by atoms with van der Waals surface area (Å²) >= 11 is 0. The van der Waals surface area contributed by atoms with Crippen LogP contribution in [0.1, 0.15) is 6.92 Å². The van der Waals surface area contributed by atoms with Gasteiger partial charge in [0.15, 0.2) is 0 Å². The maximum Gasteiger partial charge on any atom is 0.515 e. The van der Waals surface area contributed by atoms with Crippen LogP contribution in [0.4, 0.5) is 13.6 Å². The maximum atomic E-state index is 14.2. The second-order valence-corrected chi connectivity index (χ2v) is 5.10. The van der Waals surface area contributed by atoms with Gasteiger partial charge in [-0.3, -0.25) is 4.98 Å². The molecule has 2 aromatic heterocycles. The summed E-state index contributed by atoms with van der Waals surface area (Å²) in [6, 6.07) is 8.19. The van der Waals surface area contributed by atoms with Crippen LogP contribution < -0.4 is 4.74 Å². The predicted molar refractivity (Wildman–Crippen MR) is 88.3 cm³/mol. The van der Waals surface area contributed by atoms with Crippen molar-refractivity contribution in [1.82, 2.24) is 15.2 Å². The Morgan fingerprint density at radius 2 is 1.96 bits per heavy atom. The molecule has 8 heteroatoms. The summed E-state index contributed by atoms with van der Waals surface area (Å²) in [5.74, 6) is -1.32. The minimum atomic E-state index is -0.908. The Hall–Kier alpha value is -3.42. The van der Waals surface area contributed by atoms with Crippen molar-refractivity contribution >= 4 is 6.16 Å². The van der Waals surface area contributed by atoms with E-state index in [1.165, 1.54) is 48.8 Å². The summed E-state index contributed by atoms with van der Waals surface area (Å²) in [6.45, 7) is 1.79. The summed E-state index contributed by atoms with van der Waals surface area (Å²) in [4.78, 5) is 15.3. The minimum absolute atomic E-state index is 0.00488. The molecule has 0 aliphatic carbocycles. The van der Waals surface area contributed by atoms with E-state index in [4.69, 9.17) is 4.74 Å². The van der Waals surface area contributed by atoms with E-state index in [2.05, 4.69) is 19.9 Å². The van der Waals surface area contributed by atoms with E-state index in [1.807, 2.05) is 0 Å². The first-order valence-electron chi connectivity index (χ1n) is 7.66. The number of rotatable bonds is 4. The lowest BCUT2D eigenvalue weighted by Gasteiger charge is -2.08. The van der Waals surface area contributed by atoms with Gasteiger partial charge in [0.05, 0.1) is 12.8 Å². The van der Waals surface area contributed by atoms with E-state index in [1.54, 1.807) is 6.92 Å². The van der Waals surface area contributed by atoms with Crippen molar-refractivity contribution in [2.45, 2.75) is 6.92 Å². The number of carbonyl (C=O) groups is 1. The topological polar surface area (TPSA) is 74.2 Å². The van der Waals surface area contributed by atoms with Crippen molar-refractivity contribution in [3.63, 3.8) is 0 Å². The predicted octanol–water partition coefficient (Wildman–Crippen LogP) is 4.02. The molecule has 1 aromatic carbocycles. The van der Waals surface area contributed by atoms with Gasteiger partial charge >= 0.3 is 6.16 Å². The third kappa shape index (κ3) is 3.80. The average molecular weight is 357 g/mol. The van der Waals surface area contributed by atoms with Gasteiger partial charge in [0.2, 0.25) is 5.88 Å². The van der Waals surface area contributed by atoms with Crippen LogP contribution in [-0.4, -0.2) is 27.9 Å². The number of carbonyl (C=O) groups excluding carboxylic acids is 1. The van der Waals surface area contributed by atoms with Crippen molar-refractivity contribution in [3.05, 3.63) is 60.4 Å². The summed E-state index contributed by atoms with van der Waals surface area (Å²) in [7, 11) is 0. The van der Waals surface area contributed by atoms with Crippen molar-refractivity contribution in [2.24, 2.45) is 0 Å². The van der Waals surface area contributed by atoms with Gasteiger partial charge in [-0.15, -0.1) is 5.10 Å². The molecule has 0 saturated carbocycles. The molecule has 0 aliphatic heterocycles. The lowest BCUT2D eigenvalue weighted by Crippen LogP contribution is -2.11. The summed E-state index contributed by atoms with van der Waals surface area (Å²) < 4.78 is 37.7. The summed E-state index contributed by atoms with van der Waals surface area (Å²) in [5, 5.41) is 7.43. The number of benzene rings is 1. The Morgan fingerprint density at radius 1 is 1.12 bits per heavy atom. The van der Waals surface area contributed by atoms with E-state index in [0.717, 1.165) is 0 Å². The van der Waals surface area contributed by atoms with Gasteiger partial charge in [0.1, 0.15) is 17.3 Å². The number of pyridine rings is 1. The smallest absolute Gasteiger partial charge is 0.434 e. The monoisotopic (exact) mass is 357 g/mol. The van der Waals surface area contributed by atoms with Gasteiger partial charge in [0, 0.05) is 23.4 Å². The van der Waals surface area contributed by atoms with E-state index in [-0.39, 0.29) is 23.7 Å². The second-order valence-electron chi connectivity index (χ2n) is 5.10. The summed E-state index contributed by atoms with van der Waals surface area (Å²) in [6.07, 6.45) is 1.88. The van der Waals surface area contributed by atoms with Gasteiger partial charge < -0.3 is 9.47 Å². The molecule has 0 saturated heterocycles. The molecule has 0 spiro atoms. The molecule has 3 aromatic rings. The van der Waals surface area contributed by atoms with Crippen molar-refractivity contribution in [1.29, 1.82) is 0 Å². The van der Waals surface area contributed by atoms with Crippen molar-refractivity contribution in [2.75, 3.05) is 6.61 Å². The molecule has 0 bridgehead atoms. The first-order valence-corrected chi connectivity index (χ1v) is 7.66. The van der Waals surface area contributed by atoms with Gasteiger partial charge in [-0.05, 0) is 36.8 Å². The molecule has 3 rings (SSSR count). The van der Waals surface area contributed by atoms with Crippen LogP contribution in [0.3, 0.4) is 0 Å². The molecule has 132 valence electrons. The number of ether oxygens (including phenoxy) is 2. The standard InChI is InChI=1S/C18H13F2N3O3/c1-2-25-18(24)26-16-9-12(10-22-23-16)11-5-6-14(19)13(8-11)17-15(20)4-3-7-21-17/h3-10H,2H2,1H3. The molecule has 26 heavy (non-hydrogen) atoms. The molecule has 2 heterocycles. The van der Waals surface area contributed by atoms with Gasteiger partial charge in [-0.1, -0.05) is 6.07 Å². The van der Waals surface area contributed by atoms with E-state index in [0.29, 0.717) is 11.1 Å². The van der Waals surface area contributed by atoms with E-state index >= 15 is 0 Å². The Kier molecular flexibility index (Phi) is 5.12. The molecule has 0 N–H and O–H groups in total. The van der Waals surface area contributed by atoms with Crippen LogP contribution in [0.5, 0.6) is 5.88 Å². The number of hydrogen-bond donors (Lipinski definition) is 0. The molecule has 0 atom stereocenters. The van der Waals surface area contributed by atoms with Crippen LogP contribution in [0.2, 0.25) is 0 Å². The Balaban J connectivity index is 1.97. The van der Waals surface area contributed by atoms with Crippen molar-refractivity contribution < 1.29 is 23.0 Å². The Bertz CT molecular complexity index is 950. The SMILES string of the molecule is CCOC(=O)Oc1cc(-c2ccc(F)c(-c3ncccc3F)c2)cnn1. The lowest BCUT2D eigenvalue weighted by molar-refractivity contribution is 0.102. The van der Waals surface area contributed by atoms with E-state index < -0.39 is 17.8 Å². The van der Waals surface area contributed by atoms with Crippen LogP contribution in [-0.2, 0) is 4.74 Å². The van der Waals surface area contributed by atoms with Gasteiger partial charge in [0.25, 0.3) is 0 Å². The highest BCUT2D eigenvalue weighted by Gasteiger charge is 2.14. The van der Waals surface area contributed by atoms with Gasteiger partial charge in [-0.25, -0.2) is 13.6 Å². The van der Waals surface area contributed by atoms with Crippen LogP contribution in [0, 0.1) is 11.6 Å². The fourth-order valence-electron chi connectivity index (χ4n) is 2.26. The number of nitrogens with zero attached hydrogens (tertiary/aromatic N) is 3. The third-order valence-corrected chi connectivity index (χ3v) is 3.40. The quantitative estimate of drug-likeness (QED) is 0.657. The average Bonchev–Trinajstić information content (AvgIpc) is 2.63. The molecular weight excluding hydrogens is 344 g/mol. The Morgan fingerprint density at radius 3 is 2.73 bits per heavy atom. The zero-order valence-corrected chi connectivity index (χ0v) is 13.6. The number of halogens is 2. The molecule has 6 nitrogen and oxygen atoms in total. The van der Waals surface area contributed by atoms with Crippen LogP contribution in [0.15, 0.2) is 48.8 Å². The van der Waals surface area contributed by atoms with Crippen molar-refractivity contribution in [3.8, 4) is 28.3 Å². The normalized spacial score (nSPS) is 10.4. The maximum absolute atomic E-state index is 14.2. The zero-order valence-electron chi connectivity index (χ0n) is 13.6. The molecule has 0 radical (unpaired) electrons. The first-order chi connectivity index (χ1) is 12.6.